The Hall–Kier alpha value is -1.33. The monoisotopic (exact) mass is 398 g/mol. The molecule has 2 bridgehead atoms. The molecule has 27 heavy (non-hydrogen) atoms. The van der Waals surface area contributed by atoms with Crippen LogP contribution in [0, 0.1) is 17.4 Å². The van der Waals surface area contributed by atoms with Gasteiger partial charge in [0.2, 0.25) is 0 Å². The van der Waals surface area contributed by atoms with Crippen LogP contribution in [0.2, 0.25) is 19.6 Å². The summed E-state index contributed by atoms with van der Waals surface area (Å²) in [5, 5.41) is 0. The first-order chi connectivity index (χ1) is 12.5. The Balaban J connectivity index is 1.92. The maximum atomic E-state index is 14.0. The SMILES string of the molecule is CCCC1(C(F)(F)F)OC2(c3ccc(C#C[Si](C)(C)C)cc3)OCC1CO2. The Bertz CT molecular complexity index is 735. The first kappa shape index (κ1) is 20.4. The van der Waals surface area contributed by atoms with Gasteiger partial charge in [-0.1, -0.05) is 38.9 Å². The van der Waals surface area contributed by atoms with E-state index in [0.717, 1.165) is 5.56 Å². The lowest BCUT2D eigenvalue weighted by Crippen LogP contribution is -2.68. The van der Waals surface area contributed by atoms with Crippen molar-refractivity contribution in [2.75, 3.05) is 13.2 Å². The van der Waals surface area contributed by atoms with Gasteiger partial charge in [-0.15, -0.1) is 5.54 Å². The van der Waals surface area contributed by atoms with Gasteiger partial charge in [-0.3, -0.25) is 0 Å². The van der Waals surface area contributed by atoms with Gasteiger partial charge < -0.3 is 14.2 Å². The van der Waals surface area contributed by atoms with E-state index in [1.807, 2.05) is 0 Å². The van der Waals surface area contributed by atoms with Crippen LogP contribution in [-0.4, -0.2) is 33.1 Å². The van der Waals surface area contributed by atoms with Crippen LogP contribution in [-0.2, 0) is 20.2 Å². The van der Waals surface area contributed by atoms with Gasteiger partial charge in [-0.2, -0.15) is 13.2 Å². The van der Waals surface area contributed by atoms with E-state index in [0.29, 0.717) is 12.0 Å². The van der Waals surface area contributed by atoms with Crippen molar-refractivity contribution < 1.29 is 27.4 Å². The highest BCUT2D eigenvalue weighted by Gasteiger charge is 2.69. The van der Waals surface area contributed by atoms with E-state index < -0.39 is 31.7 Å². The molecule has 1 aromatic rings. The zero-order valence-corrected chi connectivity index (χ0v) is 17.1. The maximum absolute atomic E-state index is 14.0. The fourth-order valence-electron chi connectivity index (χ4n) is 3.46. The van der Waals surface area contributed by atoms with E-state index in [1.165, 1.54) is 0 Å². The third kappa shape index (κ3) is 3.81. The van der Waals surface area contributed by atoms with Crippen molar-refractivity contribution in [3.63, 3.8) is 0 Å². The molecule has 3 aliphatic heterocycles. The van der Waals surface area contributed by atoms with Crippen molar-refractivity contribution in [2.24, 2.45) is 5.92 Å². The minimum absolute atomic E-state index is 0.0449. The van der Waals surface area contributed by atoms with E-state index >= 15 is 0 Å². The number of ether oxygens (including phenoxy) is 3. The first-order valence-electron chi connectivity index (χ1n) is 9.20. The van der Waals surface area contributed by atoms with Crippen molar-refractivity contribution in [1.29, 1.82) is 0 Å². The van der Waals surface area contributed by atoms with Gasteiger partial charge in [-0.05, 0) is 30.7 Å². The van der Waals surface area contributed by atoms with Crippen LogP contribution in [0.3, 0.4) is 0 Å². The van der Waals surface area contributed by atoms with Crippen LogP contribution in [0.1, 0.15) is 30.9 Å². The highest BCUT2D eigenvalue weighted by Crippen LogP contribution is 2.55. The quantitative estimate of drug-likeness (QED) is 0.540. The molecule has 1 atom stereocenters. The predicted molar refractivity (Wildman–Crippen MR) is 98.5 cm³/mol. The third-order valence-electron chi connectivity index (χ3n) is 4.85. The van der Waals surface area contributed by atoms with Crippen LogP contribution in [0.15, 0.2) is 24.3 Å². The highest BCUT2D eigenvalue weighted by atomic mass is 28.3. The van der Waals surface area contributed by atoms with Crippen LogP contribution in [0.25, 0.3) is 0 Å². The van der Waals surface area contributed by atoms with E-state index in [4.69, 9.17) is 14.2 Å². The van der Waals surface area contributed by atoms with Crippen molar-refractivity contribution in [2.45, 2.75) is 57.2 Å². The van der Waals surface area contributed by atoms with Gasteiger partial charge in [0.1, 0.15) is 8.07 Å². The van der Waals surface area contributed by atoms with Crippen LogP contribution < -0.4 is 0 Å². The van der Waals surface area contributed by atoms with Gasteiger partial charge in [-0.25, -0.2) is 0 Å². The van der Waals surface area contributed by atoms with Crippen LogP contribution >= 0.6 is 0 Å². The average Bonchev–Trinajstić information content (AvgIpc) is 2.60. The number of rotatable bonds is 3. The summed E-state index contributed by atoms with van der Waals surface area (Å²) in [6.07, 6.45) is -4.25. The van der Waals surface area contributed by atoms with Crippen molar-refractivity contribution in [1.82, 2.24) is 0 Å². The molecule has 3 saturated heterocycles. The molecule has 3 aliphatic rings. The second-order valence-electron chi connectivity index (χ2n) is 8.19. The Morgan fingerprint density at radius 3 is 2.19 bits per heavy atom. The number of hydrogen-bond donors (Lipinski definition) is 0. The van der Waals surface area contributed by atoms with Crippen LogP contribution in [0.5, 0.6) is 0 Å². The molecule has 0 radical (unpaired) electrons. The van der Waals surface area contributed by atoms with Gasteiger partial charge in [0, 0.05) is 17.0 Å². The molecule has 0 amide bonds. The molecule has 148 valence electrons. The van der Waals surface area contributed by atoms with E-state index in [1.54, 1.807) is 31.2 Å². The summed E-state index contributed by atoms with van der Waals surface area (Å²) in [6, 6.07) is 6.88. The van der Waals surface area contributed by atoms with Crippen molar-refractivity contribution in [3.05, 3.63) is 35.4 Å². The normalized spacial score (nSPS) is 30.7. The summed E-state index contributed by atoms with van der Waals surface area (Å²) in [7, 11) is -1.51. The molecule has 0 saturated carbocycles. The molecule has 3 fully saturated rings. The Kier molecular flexibility index (Phi) is 5.23. The third-order valence-corrected chi connectivity index (χ3v) is 5.72. The molecule has 7 heteroatoms. The van der Waals surface area contributed by atoms with Crippen molar-refractivity contribution >= 4 is 8.07 Å². The molecule has 1 aromatic carbocycles. The molecule has 1 unspecified atom stereocenters. The summed E-state index contributed by atoms with van der Waals surface area (Å²) in [6.45, 7) is 8.07. The van der Waals surface area contributed by atoms with E-state index in [2.05, 4.69) is 31.1 Å². The fourth-order valence-corrected chi connectivity index (χ4v) is 3.98. The van der Waals surface area contributed by atoms with Gasteiger partial charge in [0.15, 0.2) is 5.60 Å². The Morgan fingerprint density at radius 2 is 1.70 bits per heavy atom. The smallest absolute Gasteiger partial charge is 0.323 e. The largest absolute Gasteiger partial charge is 0.418 e. The molecule has 3 heterocycles. The number of fused-ring (bicyclic) bond motifs is 3. The number of alkyl halides is 3. The topological polar surface area (TPSA) is 27.7 Å². The van der Waals surface area contributed by atoms with Gasteiger partial charge in [0.05, 0.1) is 13.2 Å². The Labute approximate surface area is 159 Å². The molecule has 0 aliphatic carbocycles. The summed E-state index contributed by atoms with van der Waals surface area (Å²) in [5.74, 6) is 0.450. The highest BCUT2D eigenvalue weighted by molar-refractivity contribution is 6.83. The molecule has 0 N–H and O–H groups in total. The Morgan fingerprint density at radius 1 is 1.11 bits per heavy atom. The minimum atomic E-state index is -4.49. The zero-order valence-electron chi connectivity index (χ0n) is 16.1. The van der Waals surface area contributed by atoms with Crippen molar-refractivity contribution in [3.8, 4) is 11.5 Å². The lowest BCUT2D eigenvalue weighted by atomic mass is 9.81. The minimum Gasteiger partial charge on any atom is -0.323 e. The molecule has 0 aromatic heterocycles. The second-order valence-corrected chi connectivity index (χ2v) is 12.9. The lowest BCUT2D eigenvalue weighted by molar-refractivity contribution is -0.533. The molecule has 4 rings (SSSR count). The summed E-state index contributed by atoms with van der Waals surface area (Å²) in [5.41, 5.74) is 2.25. The number of halogens is 3. The standard InChI is InChI=1S/C20H25F3O3Si/c1-5-11-18(20(21,22)23)17-13-24-19(26-18,25-14-17)16-8-6-15(7-9-16)10-12-27(2,3)4/h6-9,17H,5,11,13-14H2,1-4H3. The molecule has 0 spiro atoms. The number of benzene rings is 1. The lowest BCUT2D eigenvalue weighted by Gasteiger charge is -2.56. The summed E-state index contributed by atoms with van der Waals surface area (Å²) in [4.78, 5) is 0. The van der Waals surface area contributed by atoms with E-state index in [9.17, 15) is 13.2 Å². The fraction of sp³-hybridized carbons (Fsp3) is 0.600. The summed E-state index contributed by atoms with van der Waals surface area (Å²) >= 11 is 0. The average molecular weight is 398 g/mol. The first-order valence-corrected chi connectivity index (χ1v) is 12.7. The molecule has 3 nitrogen and oxygen atoms in total. The second kappa shape index (κ2) is 6.93. The number of hydrogen-bond acceptors (Lipinski definition) is 3. The van der Waals surface area contributed by atoms with E-state index in [-0.39, 0.29) is 19.6 Å². The van der Waals surface area contributed by atoms with Crippen LogP contribution in [0.4, 0.5) is 13.2 Å². The zero-order chi connectivity index (χ0) is 19.9. The maximum Gasteiger partial charge on any atom is 0.418 e. The molecular weight excluding hydrogens is 373 g/mol. The predicted octanol–water partition coefficient (Wildman–Crippen LogP) is 4.82. The van der Waals surface area contributed by atoms with Gasteiger partial charge >= 0.3 is 12.1 Å². The van der Waals surface area contributed by atoms with Gasteiger partial charge in [0.25, 0.3) is 0 Å². The molecular formula is C20H25F3O3Si. The summed E-state index contributed by atoms with van der Waals surface area (Å²) < 4.78 is 58.7.